The van der Waals surface area contributed by atoms with Crippen molar-refractivity contribution in [2.45, 2.75) is 38.4 Å². The first kappa shape index (κ1) is 13.9. The molecule has 19 heavy (non-hydrogen) atoms. The summed E-state index contributed by atoms with van der Waals surface area (Å²) in [5.41, 5.74) is 1.14. The number of methoxy groups -OCH3 is 1. The van der Waals surface area contributed by atoms with E-state index in [2.05, 4.69) is 5.32 Å². The Balaban J connectivity index is 2.05. The molecule has 0 aromatic heterocycles. The van der Waals surface area contributed by atoms with Gasteiger partial charge in [-0.2, -0.15) is 0 Å². The van der Waals surface area contributed by atoms with Crippen LogP contribution < -0.4 is 10.1 Å². The SMILES string of the molecule is CNC(C)C(=O)N(Cc1ccc(OC)cc1)C1CC1. The Kier molecular flexibility index (Phi) is 4.43. The third-order valence-corrected chi connectivity index (χ3v) is 3.59. The summed E-state index contributed by atoms with van der Waals surface area (Å²) in [5, 5.41) is 3.02. The number of carbonyl (C=O) groups excluding carboxylic acids is 1. The lowest BCUT2D eigenvalue weighted by atomic mass is 10.2. The van der Waals surface area contributed by atoms with Gasteiger partial charge in [-0.1, -0.05) is 12.1 Å². The molecule has 1 fully saturated rings. The standard InChI is InChI=1S/C15H22N2O2/c1-11(16-2)15(18)17(13-6-7-13)10-12-4-8-14(19-3)9-5-12/h4-5,8-9,11,13,16H,6-7,10H2,1-3H3. The number of carbonyl (C=O) groups is 1. The van der Waals surface area contributed by atoms with E-state index in [4.69, 9.17) is 4.74 Å². The molecule has 2 rings (SSSR count). The summed E-state index contributed by atoms with van der Waals surface area (Å²) in [4.78, 5) is 14.3. The summed E-state index contributed by atoms with van der Waals surface area (Å²) >= 11 is 0. The fourth-order valence-electron chi connectivity index (χ4n) is 2.07. The van der Waals surface area contributed by atoms with E-state index in [0.29, 0.717) is 12.6 Å². The van der Waals surface area contributed by atoms with Gasteiger partial charge < -0.3 is 15.0 Å². The predicted molar refractivity (Wildman–Crippen MR) is 75.1 cm³/mol. The highest BCUT2D eigenvalue weighted by Gasteiger charge is 2.34. The van der Waals surface area contributed by atoms with Crippen LogP contribution in [0.1, 0.15) is 25.3 Å². The Morgan fingerprint density at radius 3 is 2.53 bits per heavy atom. The van der Waals surface area contributed by atoms with Crippen LogP contribution in [0.2, 0.25) is 0 Å². The van der Waals surface area contributed by atoms with Crippen LogP contribution in [-0.2, 0) is 11.3 Å². The molecule has 4 nitrogen and oxygen atoms in total. The van der Waals surface area contributed by atoms with E-state index in [-0.39, 0.29) is 11.9 Å². The van der Waals surface area contributed by atoms with Crippen molar-refractivity contribution in [2.24, 2.45) is 0 Å². The molecule has 4 heteroatoms. The summed E-state index contributed by atoms with van der Waals surface area (Å²) in [7, 11) is 3.48. The summed E-state index contributed by atoms with van der Waals surface area (Å²) in [6, 6.07) is 8.21. The molecule has 0 heterocycles. The summed E-state index contributed by atoms with van der Waals surface area (Å²) < 4.78 is 5.15. The van der Waals surface area contributed by atoms with Crippen molar-refractivity contribution in [3.63, 3.8) is 0 Å². The molecule has 1 aliphatic rings. The Morgan fingerprint density at radius 1 is 1.42 bits per heavy atom. The van der Waals surface area contributed by atoms with E-state index in [1.807, 2.05) is 43.1 Å². The summed E-state index contributed by atoms with van der Waals surface area (Å²) in [5.74, 6) is 1.03. The molecule has 0 spiro atoms. The van der Waals surface area contributed by atoms with E-state index in [1.54, 1.807) is 7.11 Å². The quantitative estimate of drug-likeness (QED) is 0.850. The zero-order chi connectivity index (χ0) is 13.8. The monoisotopic (exact) mass is 262 g/mol. The van der Waals surface area contributed by atoms with E-state index in [1.165, 1.54) is 0 Å². The third-order valence-electron chi connectivity index (χ3n) is 3.59. The van der Waals surface area contributed by atoms with Gasteiger partial charge in [0.1, 0.15) is 5.75 Å². The van der Waals surface area contributed by atoms with Gasteiger partial charge in [0, 0.05) is 12.6 Å². The first-order valence-electron chi connectivity index (χ1n) is 6.76. The molecular weight excluding hydrogens is 240 g/mol. The number of ether oxygens (including phenoxy) is 1. The van der Waals surface area contributed by atoms with Gasteiger partial charge in [0.25, 0.3) is 0 Å². The van der Waals surface area contributed by atoms with Gasteiger partial charge in [0.05, 0.1) is 13.2 Å². The lowest BCUT2D eigenvalue weighted by molar-refractivity contribution is -0.134. The number of amides is 1. The molecule has 1 aromatic rings. The van der Waals surface area contributed by atoms with Crippen LogP contribution >= 0.6 is 0 Å². The number of rotatable bonds is 6. The van der Waals surface area contributed by atoms with Crippen molar-refractivity contribution in [1.29, 1.82) is 0 Å². The fourth-order valence-corrected chi connectivity index (χ4v) is 2.07. The second kappa shape index (κ2) is 6.06. The van der Waals surface area contributed by atoms with Gasteiger partial charge in [-0.3, -0.25) is 4.79 Å². The lowest BCUT2D eigenvalue weighted by Gasteiger charge is -2.25. The normalized spacial score (nSPS) is 15.9. The van der Waals surface area contributed by atoms with Crippen molar-refractivity contribution >= 4 is 5.91 Å². The van der Waals surface area contributed by atoms with Crippen LogP contribution in [0.5, 0.6) is 5.75 Å². The minimum Gasteiger partial charge on any atom is -0.497 e. The molecule has 1 amide bonds. The van der Waals surface area contributed by atoms with Crippen molar-refractivity contribution in [3.05, 3.63) is 29.8 Å². The Bertz CT molecular complexity index is 426. The Hall–Kier alpha value is -1.55. The van der Waals surface area contributed by atoms with Crippen LogP contribution in [0.15, 0.2) is 24.3 Å². The van der Waals surface area contributed by atoms with Crippen LogP contribution in [-0.4, -0.2) is 37.0 Å². The first-order valence-corrected chi connectivity index (χ1v) is 6.76. The Labute approximate surface area is 114 Å². The molecule has 1 unspecified atom stereocenters. The lowest BCUT2D eigenvalue weighted by Crippen LogP contribution is -2.44. The highest BCUT2D eigenvalue weighted by molar-refractivity contribution is 5.82. The zero-order valence-corrected chi connectivity index (χ0v) is 11.8. The van der Waals surface area contributed by atoms with E-state index < -0.39 is 0 Å². The maximum atomic E-state index is 12.3. The van der Waals surface area contributed by atoms with Crippen LogP contribution in [0.4, 0.5) is 0 Å². The van der Waals surface area contributed by atoms with Gasteiger partial charge >= 0.3 is 0 Å². The third kappa shape index (κ3) is 3.47. The maximum absolute atomic E-state index is 12.3. The van der Waals surface area contributed by atoms with Crippen molar-refractivity contribution in [1.82, 2.24) is 10.2 Å². The molecule has 1 N–H and O–H groups in total. The van der Waals surface area contributed by atoms with Crippen LogP contribution in [0.3, 0.4) is 0 Å². The molecule has 0 saturated heterocycles. The molecule has 1 saturated carbocycles. The molecule has 0 aliphatic heterocycles. The topological polar surface area (TPSA) is 41.6 Å². The van der Waals surface area contributed by atoms with Gasteiger partial charge in [-0.25, -0.2) is 0 Å². The number of benzene rings is 1. The maximum Gasteiger partial charge on any atom is 0.239 e. The largest absolute Gasteiger partial charge is 0.497 e. The number of hydrogen-bond acceptors (Lipinski definition) is 3. The molecule has 1 aromatic carbocycles. The second-order valence-electron chi connectivity index (χ2n) is 5.06. The molecular formula is C15H22N2O2. The minimum atomic E-state index is -0.126. The van der Waals surface area contributed by atoms with Crippen LogP contribution in [0.25, 0.3) is 0 Å². The number of nitrogens with one attached hydrogen (secondary N) is 1. The van der Waals surface area contributed by atoms with Gasteiger partial charge in [0.2, 0.25) is 5.91 Å². The van der Waals surface area contributed by atoms with Crippen molar-refractivity contribution in [3.8, 4) is 5.75 Å². The summed E-state index contributed by atoms with van der Waals surface area (Å²) in [6.45, 7) is 2.59. The molecule has 0 radical (unpaired) electrons. The molecule has 1 atom stereocenters. The molecule has 104 valence electrons. The zero-order valence-electron chi connectivity index (χ0n) is 11.8. The van der Waals surface area contributed by atoms with E-state index >= 15 is 0 Å². The van der Waals surface area contributed by atoms with Gasteiger partial charge in [-0.15, -0.1) is 0 Å². The van der Waals surface area contributed by atoms with Gasteiger partial charge in [0.15, 0.2) is 0 Å². The van der Waals surface area contributed by atoms with Crippen LogP contribution in [0, 0.1) is 0 Å². The number of likely N-dealkylation sites (N-methyl/N-ethyl adjacent to an activating group) is 1. The summed E-state index contributed by atoms with van der Waals surface area (Å²) in [6.07, 6.45) is 2.25. The predicted octanol–water partition coefficient (Wildman–Crippen LogP) is 1.79. The molecule has 1 aliphatic carbocycles. The highest BCUT2D eigenvalue weighted by atomic mass is 16.5. The fraction of sp³-hybridized carbons (Fsp3) is 0.533. The molecule has 0 bridgehead atoms. The average Bonchev–Trinajstić information content (AvgIpc) is 3.28. The highest BCUT2D eigenvalue weighted by Crippen LogP contribution is 2.29. The number of nitrogens with zero attached hydrogens (tertiary/aromatic N) is 1. The first-order chi connectivity index (χ1) is 9.15. The van der Waals surface area contributed by atoms with Crippen molar-refractivity contribution < 1.29 is 9.53 Å². The van der Waals surface area contributed by atoms with E-state index in [0.717, 1.165) is 24.2 Å². The Morgan fingerprint density at radius 2 is 2.05 bits per heavy atom. The van der Waals surface area contributed by atoms with Crippen molar-refractivity contribution in [2.75, 3.05) is 14.2 Å². The average molecular weight is 262 g/mol. The van der Waals surface area contributed by atoms with E-state index in [9.17, 15) is 4.79 Å². The minimum absolute atomic E-state index is 0.126. The second-order valence-corrected chi connectivity index (χ2v) is 5.06. The number of hydrogen-bond donors (Lipinski definition) is 1. The van der Waals surface area contributed by atoms with Gasteiger partial charge in [-0.05, 0) is 44.5 Å². The smallest absolute Gasteiger partial charge is 0.239 e.